The Bertz CT molecular complexity index is 1230. The highest BCUT2D eigenvalue weighted by molar-refractivity contribution is 7.99. The fourth-order valence-electron chi connectivity index (χ4n) is 4.33. The number of rotatable bonds is 5. The molecule has 1 amide bonds. The first-order valence-electron chi connectivity index (χ1n) is 11.1. The quantitative estimate of drug-likeness (QED) is 0.427. The molecule has 1 unspecified atom stereocenters. The topological polar surface area (TPSA) is 78.1 Å². The van der Waals surface area contributed by atoms with Gasteiger partial charge in [-0.3, -0.25) is 14.2 Å². The van der Waals surface area contributed by atoms with Gasteiger partial charge < -0.3 is 19.3 Å². The van der Waals surface area contributed by atoms with Crippen LogP contribution in [0.4, 0.5) is 0 Å². The number of hydrogen-bond donors (Lipinski definition) is 1. The molecule has 8 nitrogen and oxygen atoms in total. The molecular weight excluding hydrogens is 460 g/mol. The minimum absolute atomic E-state index is 0.0367. The number of methoxy groups -OCH3 is 1. The lowest BCUT2D eigenvalue weighted by atomic mass is 10.1. The lowest BCUT2D eigenvalue weighted by Crippen LogP contribution is -3.08. The molecular formula is C23H27N4O4S2+. The summed E-state index contributed by atoms with van der Waals surface area (Å²) in [7, 11) is 3.79. The highest BCUT2D eigenvalue weighted by Crippen LogP contribution is 2.32. The number of amides is 1. The van der Waals surface area contributed by atoms with Crippen LogP contribution in [0.15, 0.2) is 34.2 Å². The van der Waals surface area contributed by atoms with Crippen LogP contribution in [0.5, 0.6) is 5.75 Å². The van der Waals surface area contributed by atoms with Gasteiger partial charge in [0.15, 0.2) is 5.16 Å². The van der Waals surface area contributed by atoms with E-state index < -0.39 is 0 Å². The summed E-state index contributed by atoms with van der Waals surface area (Å²) in [5.41, 5.74) is 1.79. The number of nitrogens with zero attached hydrogens (tertiary/aromatic N) is 3. The maximum absolute atomic E-state index is 13.8. The van der Waals surface area contributed by atoms with Crippen molar-refractivity contribution < 1.29 is 19.2 Å². The number of nitrogens with one attached hydrogen (secondary N) is 1. The second-order valence-corrected chi connectivity index (χ2v) is 10.4. The molecule has 3 aromatic rings. The first-order chi connectivity index (χ1) is 16.0. The van der Waals surface area contributed by atoms with Gasteiger partial charge in [-0.1, -0.05) is 11.8 Å². The van der Waals surface area contributed by atoms with Gasteiger partial charge in [-0.25, -0.2) is 4.98 Å². The van der Waals surface area contributed by atoms with E-state index in [1.165, 1.54) is 21.5 Å². The number of aromatic nitrogens is 2. The lowest BCUT2D eigenvalue weighted by Gasteiger charge is -2.26. The van der Waals surface area contributed by atoms with Gasteiger partial charge in [0.05, 0.1) is 55.6 Å². The molecule has 5 rings (SSSR count). The van der Waals surface area contributed by atoms with Crippen LogP contribution in [-0.2, 0) is 22.5 Å². The Hall–Kier alpha value is -2.40. The normalized spacial score (nSPS) is 18.4. The van der Waals surface area contributed by atoms with Crippen LogP contribution < -0.4 is 15.2 Å². The van der Waals surface area contributed by atoms with Gasteiger partial charge in [0.1, 0.15) is 17.1 Å². The molecule has 2 aliphatic heterocycles. The molecule has 1 atom stereocenters. The Balaban J connectivity index is 1.56. The van der Waals surface area contributed by atoms with Crippen molar-refractivity contribution in [3.63, 3.8) is 0 Å². The number of benzene rings is 1. The van der Waals surface area contributed by atoms with E-state index in [0.717, 1.165) is 46.7 Å². The van der Waals surface area contributed by atoms with E-state index in [1.807, 2.05) is 29.2 Å². The molecule has 2 aromatic heterocycles. The number of likely N-dealkylation sites (N-methyl/N-ethyl adjacent to an activating group) is 1. The van der Waals surface area contributed by atoms with Gasteiger partial charge in [0, 0.05) is 19.5 Å². The van der Waals surface area contributed by atoms with Gasteiger partial charge >= 0.3 is 0 Å². The summed E-state index contributed by atoms with van der Waals surface area (Å²) in [4.78, 5) is 36.8. The Morgan fingerprint density at radius 2 is 2.03 bits per heavy atom. The van der Waals surface area contributed by atoms with Crippen LogP contribution in [0.3, 0.4) is 0 Å². The molecule has 1 aromatic carbocycles. The Kier molecular flexibility index (Phi) is 6.42. The van der Waals surface area contributed by atoms with Gasteiger partial charge in [0.2, 0.25) is 5.91 Å². The summed E-state index contributed by atoms with van der Waals surface area (Å²) in [6.07, 6.45) is 0.878. The number of thiophene rings is 1. The van der Waals surface area contributed by atoms with Crippen molar-refractivity contribution in [1.82, 2.24) is 14.5 Å². The van der Waals surface area contributed by atoms with E-state index in [2.05, 4.69) is 7.05 Å². The number of carbonyl (C=O) groups is 1. The molecule has 33 heavy (non-hydrogen) atoms. The second-order valence-electron chi connectivity index (χ2n) is 8.33. The minimum atomic E-state index is -0.0662. The number of hydrogen-bond acceptors (Lipinski definition) is 7. The zero-order valence-electron chi connectivity index (χ0n) is 18.8. The first kappa shape index (κ1) is 22.4. The average molecular weight is 488 g/mol. The van der Waals surface area contributed by atoms with Gasteiger partial charge in [-0.2, -0.15) is 0 Å². The molecule has 174 valence electrons. The fourth-order valence-corrected chi connectivity index (χ4v) is 6.62. The zero-order chi connectivity index (χ0) is 22.9. The van der Waals surface area contributed by atoms with Crippen molar-refractivity contribution >= 4 is 39.2 Å². The van der Waals surface area contributed by atoms with Gasteiger partial charge in [-0.15, -0.1) is 11.3 Å². The fraction of sp³-hybridized carbons (Fsp3) is 0.435. The third-order valence-electron chi connectivity index (χ3n) is 6.16. The van der Waals surface area contributed by atoms with Crippen molar-refractivity contribution in [2.75, 3.05) is 52.8 Å². The standard InChI is InChI=1S/C23H26N4O4S2/c1-25-8-7-17-18(13-25)33-21-20(17)22(29)27(15-3-5-16(30-2)6-4-15)23(24-21)32-14-19(28)26-9-11-31-12-10-26/h3-6H,7-14H2,1-2H3/p+1. The molecule has 0 radical (unpaired) electrons. The van der Waals surface area contributed by atoms with Crippen LogP contribution >= 0.6 is 23.1 Å². The maximum Gasteiger partial charge on any atom is 0.267 e. The summed E-state index contributed by atoms with van der Waals surface area (Å²) in [6, 6.07) is 7.39. The molecule has 10 heteroatoms. The largest absolute Gasteiger partial charge is 0.497 e. The second kappa shape index (κ2) is 9.46. The minimum Gasteiger partial charge on any atom is -0.497 e. The summed E-state index contributed by atoms with van der Waals surface area (Å²) >= 11 is 2.93. The highest BCUT2D eigenvalue weighted by atomic mass is 32.2. The zero-order valence-corrected chi connectivity index (χ0v) is 20.4. The van der Waals surface area contributed by atoms with Crippen LogP contribution in [0, 0.1) is 0 Å². The smallest absolute Gasteiger partial charge is 0.267 e. The summed E-state index contributed by atoms with van der Waals surface area (Å²) in [6.45, 7) is 4.25. The molecule has 0 saturated carbocycles. The molecule has 0 spiro atoms. The van der Waals surface area contributed by atoms with Crippen molar-refractivity contribution in [1.29, 1.82) is 0 Å². The molecule has 0 aliphatic carbocycles. The van der Waals surface area contributed by atoms with Crippen molar-refractivity contribution in [2.45, 2.75) is 18.1 Å². The van der Waals surface area contributed by atoms with Crippen molar-refractivity contribution in [3.8, 4) is 11.4 Å². The number of thioether (sulfide) groups is 1. The monoisotopic (exact) mass is 487 g/mol. The van der Waals surface area contributed by atoms with Gasteiger partial charge in [-0.05, 0) is 29.8 Å². The third kappa shape index (κ3) is 4.40. The van der Waals surface area contributed by atoms with Crippen LogP contribution in [0.1, 0.15) is 10.4 Å². The molecule has 4 heterocycles. The van der Waals surface area contributed by atoms with Crippen LogP contribution in [0.25, 0.3) is 15.9 Å². The van der Waals surface area contributed by atoms with E-state index >= 15 is 0 Å². The first-order valence-corrected chi connectivity index (χ1v) is 12.9. The molecule has 2 aliphatic rings. The molecule has 1 N–H and O–H groups in total. The van der Waals surface area contributed by atoms with Gasteiger partial charge in [0.25, 0.3) is 5.56 Å². The Morgan fingerprint density at radius 1 is 1.27 bits per heavy atom. The highest BCUT2D eigenvalue weighted by Gasteiger charge is 2.27. The summed E-state index contributed by atoms with van der Waals surface area (Å²) < 4.78 is 12.3. The Labute approximate surface area is 200 Å². The number of ether oxygens (including phenoxy) is 2. The van der Waals surface area contributed by atoms with E-state index in [9.17, 15) is 9.59 Å². The van der Waals surface area contributed by atoms with E-state index in [-0.39, 0.29) is 17.2 Å². The predicted molar refractivity (Wildman–Crippen MR) is 129 cm³/mol. The lowest BCUT2D eigenvalue weighted by molar-refractivity contribution is -0.895. The maximum atomic E-state index is 13.8. The van der Waals surface area contributed by atoms with Crippen molar-refractivity contribution in [3.05, 3.63) is 45.1 Å². The SMILES string of the molecule is COc1ccc(-n2c(SCC(=O)N3CCOCC3)nc3sc4c(c3c2=O)CC[NH+](C)C4)cc1. The summed E-state index contributed by atoms with van der Waals surface area (Å²) in [5.74, 6) is 0.984. The number of carbonyl (C=O) groups excluding carboxylic acids is 1. The molecule has 1 fully saturated rings. The summed E-state index contributed by atoms with van der Waals surface area (Å²) in [5, 5.41) is 1.26. The average Bonchev–Trinajstić information content (AvgIpc) is 3.20. The molecule has 1 saturated heterocycles. The number of quaternary nitrogens is 1. The van der Waals surface area contributed by atoms with Crippen LogP contribution in [-0.4, -0.2) is 73.1 Å². The number of fused-ring (bicyclic) bond motifs is 3. The van der Waals surface area contributed by atoms with E-state index in [1.54, 1.807) is 23.0 Å². The van der Waals surface area contributed by atoms with E-state index in [0.29, 0.717) is 31.5 Å². The Morgan fingerprint density at radius 3 is 2.76 bits per heavy atom. The third-order valence-corrected chi connectivity index (χ3v) is 8.21. The van der Waals surface area contributed by atoms with E-state index in [4.69, 9.17) is 14.5 Å². The number of morpholine rings is 1. The van der Waals surface area contributed by atoms with Crippen LogP contribution in [0.2, 0.25) is 0 Å². The predicted octanol–water partition coefficient (Wildman–Crippen LogP) is 0.978. The molecule has 0 bridgehead atoms. The van der Waals surface area contributed by atoms with Crippen molar-refractivity contribution in [2.24, 2.45) is 0 Å².